The highest BCUT2D eigenvalue weighted by atomic mass is 35.5. The molecule has 0 radical (unpaired) electrons. The van der Waals surface area contributed by atoms with E-state index in [0.717, 1.165) is 70.1 Å². The Hall–Kier alpha value is -1.78. The smallest absolute Gasteiger partial charge is 0.0674 e. The van der Waals surface area contributed by atoms with Gasteiger partial charge in [-0.25, -0.2) is 0 Å². The molecule has 0 aromatic heterocycles. The van der Waals surface area contributed by atoms with Crippen molar-refractivity contribution in [1.82, 2.24) is 0 Å². The first-order chi connectivity index (χ1) is 13.0. The van der Waals surface area contributed by atoms with Crippen LogP contribution in [0.4, 0.5) is 22.7 Å². The highest BCUT2D eigenvalue weighted by molar-refractivity contribution is 6.35. The van der Waals surface area contributed by atoms with Gasteiger partial charge in [0.1, 0.15) is 0 Å². The second-order valence-electron chi connectivity index (χ2n) is 6.29. The lowest BCUT2D eigenvalue weighted by Crippen LogP contribution is -2.06. The fraction of sp³-hybridized carbons (Fsp3) is 0.429. The van der Waals surface area contributed by atoms with Crippen LogP contribution in [0, 0.1) is 0 Å². The molecular formula is C21H30Cl2N4. The van der Waals surface area contributed by atoms with Crippen LogP contribution in [0.3, 0.4) is 0 Å². The van der Waals surface area contributed by atoms with Gasteiger partial charge in [0.2, 0.25) is 0 Å². The topological polar surface area (TPSA) is 48.1 Å². The Labute approximate surface area is 173 Å². The van der Waals surface area contributed by atoms with Gasteiger partial charge in [-0.1, -0.05) is 23.2 Å². The summed E-state index contributed by atoms with van der Waals surface area (Å²) in [4.78, 5) is 0. The summed E-state index contributed by atoms with van der Waals surface area (Å²) in [5, 5.41) is 14.9. The van der Waals surface area contributed by atoms with Crippen molar-refractivity contribution in [1.29, 1.82) is 0 Å². The Morgan fingerprint density at radius 1 is 0.593 bits per heavy atom. The lowest BCUT2D eigenvalue weighted by molar-refractivity contribution is 1.14. The Morgan fingerprint density at radius 2 is 0.963 bits per heavy atom. The molecule has 0 fully saturated rings. The van der Waals surface area contributed by atoms with Crippen molar-refractivity contribution in [2.45, 2.75) is 34.1 Å². The van der Waals surface area contributed by atoms with Gasteiger partial charge in [0, 0.05) is 44.0 Å². The number of rotatable bonds is 10. The minimum absolute atomic E-state index is 0.660. The molecule has 0 bridgehead atoms. The summed E-state index contributed by atoms with van der Waals surface area (Å²) >= 11 is 13.4. The summed E-state index contributed by atoms with van der Waals surface area (Å²) in [6, 6.07) is 8.32. The van der Waals surface area contributed by atoms with Gasteiger partial charge in [-0.2, -0.15) is 0 Å². The third-order valence-electron chi connectivity index (χ3n) is 4.17. The zero-order valence-electron chi connectivity index (χ0n) is 16.6. The molecule has 27 heavy (non-hydrogen) atoms. The molecule has 148 valence electrons. The minimum atomic E-state index is 0.660. The molecular weight excluding hydrogens is 379 g/mol. The number of nitrogens with one attached hydrogen (secondary N) is 4. The Bertz CT molecular complexity index is 699. The third-order valence-corrected chi connectivity index (χ3v) is 5.07. The number of hydrogen-bond acceptors (Lipinski definition) is 4. The predicted octanol–water partition coefficient (Wildman–Crippen LogP) is 6.31. The van der Waals surface area contributed by atoms with Crippen molar-refractivity contribution in [3.8, 4) is 0 Å². The van der Waals surface area contributed by atoms with Gasteiger partial charge in [0.05, 0.1) is 21.4 Å². The second-order valence-corrected chi connectivity index (χ2v) is 7.05. The van der Waals surface area contributed by atoms with Gasteiger partial charge in [0.25, 0.3) is 0 Å². The van der Waals surface area contributed by atoms with Gasteiger partial charge in [0.15, 0.2) is 0 Å². The van der Waals surface area contributed by atoms with Gasteiger partial charge >= 0.3 is 0 Å². The summed E-state index contributed by atoms with van der Waals surface area (Å²) in [5.74, 6) is 0. The fourth-order valence-corrected chi connectivity index (χ4v) is 3.57. The number of anilines is 4. The molecule has 0 saturated heterocycles. The van der Waals surface area contributed by atoms with Crippen LogP contribution in [0.2, 0.25) is 10.0 Å². The first kappa shape index (κ1) is 21.5. The van der Waals surface area contributed by atoms with Crippen molar-refractivity contribution in [3.05, 3.63) is 45.4 Å². The van der Waals surface area contributed by atoms with Crippen molar-refractivity contribution < 1.29 is 0 Å². The maximum absolute atomic E-state index is 6.70. The van der Waals surface area contributed by atoms with E-state index in [1.807, 2.05) is 0 Å². The third kappa shape index (κ3) is 5.60. The van der Waals surface area contributed by atoms with Crippen molar-refractivity contribution in [2.75, 3.05) is 47.4 Å². The van der Waals surface area contributed by atoms with Crippen LogP contribution in [-0.4, -0.2) is 26.2 Å². The molecule has 6 heteroatoms. The van der Waals surface area contributed by atoms with Crippen molar-refractivity contribution in [3.63, 3.8) is 0 Å². The zero-order chi connectivity index (χ0) is 19.8. The van der Waals surface area contributed by atoms with Gasteiger partial charge in [-0.3, -0.25) is 0 Å². The van der Waals surface area contributed by atoms with Gasteiger partial charge < -0.3 is 21.3 Å². The summed E-state index contributed by atoms with van der Waals surface area (Å²) < 4.78 is 0. The monoisotopic (exact) mass is 408 g/mol. The van der Waals surface area contributed by atoms with E-state index in [2.05, 4.69) is 73.2 Å². The predicted molar refractivity (Wildman–Crippen MR) is 122 cm³/mol. The van der Waals surface area contributed by atoms with E-state index < -0.39 is 0 Å². The summed E-state index contributed by atoms with van der Waals surface area (Å²) in [5.41, 5.74) is 6.09. The summed E-state index contributed by atoms with van der Waals surface area (Å²) in [7, 11) is 0. The largest absolute Gasteiger partial charge is 0.385 e. The molecule has 2 aromatic carbocycles. The Balaban J connectivity index is 2.48. The molecule has 0 unspecified atom stereocenters. The Morgan fingerprint density at radius 3 is 1.30 bits per heavy atom. The maximum atomic E-state index is 6.70. The average molecular weight is 409 g/mol. The molecule has 0 aliphatic heterocycles. The first-order valence-electron chi connectivity index (χ1n) is 9.64. The molecule has 0 aliphatic carbocycles. The molecule has 0 atom stereocenters. The van der Waals surface area contributed by atoms with Crippen LogP contribution in [0.5, 0.6) is 0 Å². The first-order valence-corrected chi connectivity index (χ1v) is 10.4. The van der Waals surface area contributed by atoms with E-state index in [1.165, 1.54) is 0 Å². The number of halogens is 2. The highest BCUT2D eigenvalue weighted by Gasteiger charge is 2.14. The summed E-state index contributed by atoms with van der Waals surface area (Å²) in [6.45, 7) is 11.6. The molecule has 0 saturated carbocycles. The summed E-state index contributed by atoms with van der Waals surface area (Å²) in [6.07, 6.45) is 0.660. The highest BCUT2D eigenvalue weighted by Crippen LogP contribution is 2.36. The van der Waals surface area contributed by atoms with Crippen LogP contribution in [0.25, 0.3) is 0 Å². The standard InChI is InChI=1S/C21H30Cl2N4/c1-5-24-16-10-14(20(22)18(12-16)26-7-3)9-15-11-17(25-6-2)13-19(21(15)23)27-8-4/h10-13,24-27H,5-9H2,1-4H3. The van der Waals surface area contributed by atoms with Crippen LogP contribution in [0.1, 0.15) is 38.8 Å². The van der Waals surface area contributed by atoms with E-state index in [1.54, 1.807) is 0 Å². The normalized spacial score (nSPS) is 10.6. The maximum Gasteiger partial charge on any atom is 0.0674 e. The fourth-order valence-electron chi connectivity index (χ4n) is 3.08. The van der Waals surface area contributed by atoms with Crippen molar-refractivity contribution in [2.24, 2.45) is 0 Å². The number of hydrogen-bond donors (Lipinski definition) is 4. The molecule has 4 N–H and O–H groups in total. The molecule has 2 rings (SSSR count). The van der Waals surface area contributed by atoms with Crippen LogP contribution >= 0.6 is 23.2 Å². The minimum Gasteiger partial charge on any atom is -0.385 e. The zero-order valence-corrected chi connectivity index (χ0v) is 18.1. The second kappa shape index (κ2) is 10.5. The van der Waals surface area contributed by atoms with Crippen LogP contribution in [0.15, 0.2) is 24.3 Å². The average Bonchev–Trinajstić information content (AvgIpc) is 2.63. The quantitative estimate of drug-likeness (QED) is 0.371. The molecule has 0 spiro atoms. The van der Waals surface area contributed by atoms with Gasteiger partial charge in [-0.15, -0.1) is 0 Å². The lowest BCUT2D eigenvalue weighted by Gasteiger charge is -2.18. The van der Waals surface area contributed by atoms with E-state index >= 15 is 0 Å². The lowest BCUT2D eigenvalue weighted by atomic mass is 10.0. The van der Waals surface area contributed by atoms with Gasteiger partial charge in [-0.05, 0) is 63.1 Å². The van der Waals surface area contributed by atoms with Crippen LogP contribution in [-0.2, 0) is 6.42 Å². The van der Waals surface area contributed by atoms with Crippen LogP contribution < -0.4 is 21.3 Å². The van der Waals surface area contributed by atoms with Crippen molar-refractivity contribution >= 4 is 46.0 Å². The Kier molecular flexibility index (Phi) is 8.39. The van der Waals surface area contributed by atoms with E-state index in [4.69, 9.17) is 23.2 Å². The molecule has 0 aliphatic rings. The molecule has 0 amide bonds. The number of benzene rings is 2. The molecule has 0 heterocycles. The van der Waals surface area contributed by atoms with E-state index in [-0.39, 0.29) is 0 Å². The van der Waals surface area contributed by atoms with E-state index in [0.29, 0.717) is 6.42 Å². The van der Waals surface area contributed by atoms with E-state index in [9.17, 15) is 0 Å². The molecule has 4 nitrogen and oxygen atoms in total. The SMILES string of the molecule is CCNc1cc(Cc2cc(NCC)cc(NCC)c2Cl)c(Cl)c(NCC)c1. The molecule has 2 aromatic rings.